The molecule has 0 unspecified atom stereocenters. The first-order valence-corrected chi connectivity index (χ1v) is 12.8. The smallest absolute Gasteiger partial charge is 0.263 e. The van der Waals surface area contributed by atoms with Crippen molar-refractivity contribution in [2.75, 3.05) is 12.4 Å². The molecular weight excluding hydrogens is 546 g/mol. The second-order valence-electron chi connectivity index (χ2n) is 9.04. The van der Waals surface area contributed by atoms with E-state index in [9.17, 15) is 14.4 Å². The summed E-state index contributed by atoms with van der Waals surface area (Å²) in [5.41, 5.74) is 2.42. The van der Waals surface area contributed by atoms with Crippen molar-refractivity contribution in [1.82, 2.24) is 19.8 Å². The second kappa shape index (κ2) is 10.4. The van der Waals surface area contributed by atoms with Crippen molar-refractivity contribution in [2.24, 2.45) is 0 Å². The topological polar surface area (TPSA) is 96.3 Å². The Morgan fingerprint density at radius 3 is 2.47 bits per heavy atom. The standard InChI is InChI=1S/C26H27BrClN5O3/c1-14(2)30-26-31-22-13-32(24(35)19-10-7-17(27)12-21(19)28)15(3)11-20(22)25(36)33(26)18-8-5-16(6-9-18)23(34)29-4/h5-10,12,14-15H,11,13H2,1-4H3,(H,29,34)(H,30,31)/t15-/m1/s1. The molecule has 1 aliphatic heterocycles. The Morgan fingerprint density at radius 1 is 1.17 bits per heavy atom. The molecule has 0 radical (unpaired) electrons. The highest BCUT2D eigenvalue weighted by molar-refractivity contribution is 9.10. The summed E-state index contributed by atoms with van der Waals surface area (Å²) < 4.78 is 2.32. The summed E-state index contributed by atoms with van der Waals surface area (Å²) >= 11 is 9.71. The van der Waals surface area contributed by atoms with E-state index in [0.717, 1.165) is 4.47 Å². The summed E-state index contributed by atoms with van der Waals surface area (Å²) in [6.07, 6.45) is 0.360. The van der Waals surface area contributed by atoms with E-state index in [1.807, 2.05) is 20.8 Å². The van der Waals surface area contributed by atoms with Crippen molar-refractivity contribution in [1.29, 1.82) is 0 Å². The molecule has 0 spiro atoms. The number of halogens is 2. The quantitative estimate of drug-likeness (QED) is 0.472. The van der Waals surface area contributed by atoms with Gasteiger partial charge < -0.3 is 15.5 Å². The Hall–Kier alpha value is -3.17. The molecule has 1 aromatic heterocycles. The number of nitrogens with one attached hydrogen (secondary N) is 2. The number of hydrogen-bond donors (Lipinski definition) is 2. The van der Waals surface area contributed by atoms with Crippen molar-refractivity contribution in [3.8, 4) is 5.69 Å². The van der Waals surface area contributed by atoms with Crippen LogP contribution in [-0.4, -0.2) is 45.4 Å². The Labute approximate surface area is 222 Å². The van der Waals surface area contributed by atoms with Crippen LogP contribution in [0.15, 0.2) is 51.7 Å². The number of hydrogen-bond acceptors (Lipinski definition) is 5. The van der Waals surface area contributed by atoms with Crippen LogP contribution in [0.1, 0.15) is 52.7 Å². The zero-order valence-electron chi connectivity index (χ0n) is 20.4. The largest absolute Gasteiger partial charge is 0.355 e. The van der Waals surface area contributed by atoms with E-state index in [4.69, 9.17) is 16.6 Å². The molecule has 0 aliphatic carbocycles. The second-order valence-corrected chi connectivity index (χ2v) is 10.4. The number of aromatic nitrogens is 2. The minimum Gasteiger partial charge on any atom is -0.355 e. The number of anilines is 1. The molecule has 2 N–H and O–H groups in total. The van der Waals surface area contributed by atoms with Gasteiger partial charge >= 0.3 is 0 Å². The molecule has 0 bridgehead atoms. The molecule has 2 amide bonds. The van der Waals surface area contributed by atoms with Gasteiger partial charge in [-0.15, -0.1) is 0 Å². The number of carbonyl (C=O) groups is 2. The molecule has 36 heavy (non-hydrogen) atoms. The lowest BCUT2D eigenvalue weighted by Crippen LogP contribution is -2.46. The van der Waals surface area contributed by atoms with Crippen molar-refractivity contribution in [3.63, 3.8) is 0 Å². The summed E-state index contributed by atoms with van der Waals surface area (Å²) in [6.45, 7) is 6.02. The maximum absolute atomic E-state index is 13.7. The number of fused-ring (bicyclic) bond motifs is 1. The molecular formula is C26H27BrClN5O3. The third kappa shape index (κ3) is 5.03. The van der Waals surface area contributed by atoms with Crippen LogP contribution in [0.4, 0.5) is 5.95 Å². The molecule has 188 valence electrons. The third-order valence-electron chi connectivity index (χ3n) is 6.07. The van der Waals surface area contributed by atoms with Gasteiger partial charge in [0.25, 0.3) is 17.4 Å². The number of amides is 2. The van der Waals surface area contributed by atoms with Crippen LogP contribution in [0.5, 0.6) is 0 Å². The first-order valence-electron chi connectivity index (χ1n) is 11.6. The number of carbonyl (C=O) groups excluding carboxylic acids is 2. The fourth-order valence-electron chi connectivity index (χ4n) is 4.25. The molecule has 2 aromatic carbocycles. The zero-order chi connectivity index (χ0) is 26.1. The number of benzene rings is 2. The highest BCUT2D eigenvalue weighted by atomic mass is 79.9. The van der Waals surface area contributed by atoms with Crippen LogP contribution in [0.3, 0.4) is 0 Å². The van der Waals surface area contributed by atoms with Gasteiger partial charge in [-0.05, 0) is 69.7 Å². The summed E-state index contributed by atoms with van der Waals surface area (Å²) in [5.74, 6) is -0.0349. The minimum atomic E-state index is -0.229. The average molecular weight is 573 g/mol. The number of rotatable bonds is 5. The Bertz CT molecular complexity index is 1390. The summed E-state index contributed by atoms with van der Waals surface area (Å²) in [7, 11) is 1.57. The van der Waals surface area contributed by atoms with E-state index in [-0.39, 0.29) is 36.0 Å². The Balaban J connectivity index is 1.76. The SMILES string of the molecule is CNC(=O)c1ccc(-n2c(NC(C)C)nc3c(c2=O)C[C@@H](C)N(C(=O)c2ccc(Br)cc2Cl)C3)cc1. The molecule has 10 heteroatoms. The zero-order valence-corrected chi connectivity index (χ0v) is 22.8. The fourth-order valence-corrected chi connectivity index (χ4v) is 5.00. The van der Waals surface area contributed by atoms with Gasteiger partial charge in [0.2, 0.25) is 5.95 Å². The lowest BCUT2D eigenvalue weighted by Gasteiger charge is -2.35. The van der Waals surface area contributed by atoms with Crippen molar-refractivity contribution in [3.05, 3.63) is 84.7 Å². The summed E-state index contributed by atoms with van der Waals surface area (Å²) in [5, 5.41) is 6.21. The molecule has 0 saturated carbocycles. The van der Waals surface area contributed by atoms with E-state index < -0.39 is 0 Å². The van der Waals surface area contributed by atoms with E-state index in [1.54, 1.807) is 54.4 Å². The van der Waals surface area contributed by atoms with Crippen molar-refractivity contribution in [2.45, 2.75) is 45.8 Å². The summed E-state index contributed by atoms with van der Waals surface area (Å²) in [6, 6.07) is 11.7. The van der Waals surface area contributed by atoms with E-state index in [0.29, 0.717) is 45.5 Å². The third-order valence-corrected chi connectivity index (χ3v) is 6.87. The van der Waals surface area contributed by atoms with Gasteiger partial charge in [0.15, 0.2) is 0 Å². The molecule has 4 rings (SSSR count). The van der Waals surface area contributed by atoms with Crippen LogP contribution in [-0.2, 0) is 13.0 Å². The molecule has 8 nitrogen and oxygen atoms in total. The van der Waals surface area contributed by atoms with Crippen LogP contribution < -0.4 is 16.2 Å². The highest BCUT2D eigenvalue weighted by Crippen LogP contribution is 2.28. The molecule has 0 fully saturated rings. The molecule has 3 aromatic rings. The van der Waals surface area contributed by atoms with Gasteiger partial charge in [0, 0.05) is 34.7 Å². The van der Waals surface area contributed by atoms with Gasteiger partial charge in [-0.3, -0.25) is 14.4 Å². The highest BCUT2D eigenvalue weighted by Gasteiger charge is 2.32. The first-order chi connectivity index (χ1) is 17.1. The average Bonchev–Trinajstić information content (AvgIpc) is 2.83. The van der Waals surface area contributed by atoms with Crippen LogP contribution >= 0.6 is 27.5 Å². The predicted octanol–water partition coefficient (Wildman–Crippen LogP) is 4.42. The Kier molecular flexibility index (Phi) is 7.51. The lowest BCUT2D eigenvalue weighted by atomic mass is 9.98. The van der Waals surface area contributed by atoms with Gasteiger partial charge in [-0.1, -0.05) is 27.5 Å². The van der Waals surface area contributed by atoms with E-state index >= 15 is 0 Å². The van der Waals surface area contributed by atoms with Gasteiger partial charge in [0.05, 0.1) is 28.5 Å². The Morgan fingerprint density at radius 2 is 1.86 bits per heavy atom. The fraction of sp³-hybridized carbons (Fsp3) is 0.308. The molecule has 1 atom stereocenters. The normalized spacial score (nSPS) is 15.0. The monoisotopic (exact) mass is 571 g/mol. The van der Waals surface area contributed by atoms with Crippen molar-refractivity contribution >= 4 is 45.3 Å². The van der Waals surface area contributed by atoms with Crippen LogP contribution in [0.25, 0.3) is 5.69 Å². The lowest BCUT2D eigenvalue weighted by molar-refractivity contribution is 0.0653. The predicted molar refractivity (Wildman–Crippen MR) is 144 cm³/mol. The van der Waals surface area contributed by atoms with Gasteiger partial charge in [0.1, 0.15) is 0 Å². The maximum atomic E-state index is 13.7. The van der Waals surface area contributed by atoms with Gasteiger partial charge in [-0.2, -0.15) is 0 Å². The van der Waals surface area contributed by atoms with E-state index in [1.165, 1.54) is 4.57 Å². The molecule has 1 aliphatic rings. The maximum Gasteiger partial charge on any atom is 0.263 e. The summed E-state index contributed by atoms with van der Waals surface area (Å²) in [4.78, 5) is 45.6. The molecule has 2 heterocycles. The number of nitrogens with zero attached hydrogens (tertiary/aromatic N) is 3. The first kappa shape index (κ1) is 25.9. The molecule has 0 saturated heterocycles. The van der Waals surface area contributed by atoms with Crippen molar-refractivity contribution < 1.29 is 9.59 Å². The minimum absolute atomic E-state index is 0.00756. The van der Waals surface area contributed by atoms with Gasteiger partial charge in [-0.25, -0.2) is 9.55 Å². The van der Waals surface area contributed by atoms with Crippen LogP contribution in [0, 0.1) is 0 Å². The van der Waals surface area contributed by atoms with Crippen LogP contribution in [0.2, 0.25) is 5.02 Å². The van der Waals surface area contributed by atoms with E-state index in [2.05, 4.69) is 26.6 Å².